The molecule has 0 atom stereocenters. The fourth-order valence-electron chi connectivity index (χ4n) is 1.21. The average Bonchev–Trinajstić information content (AvgIpc) is 2.23. The molecule has 2 amide bonds. The van der Waals surface area contributed by atoms with Crippen LogP contribution in [0.25, 0.3) is 0 Å². The van der Waals surface area contributed by atoms with E-state index in [9.17, 15) is 9.59 Å². The molecule has 0 aromatic heterocycles. The summed E-state index contributed by atoms with van der Waals surface area (Å²) in [7, 11) is 1.59. The summed E-state index contributed by atoms with van der Waals surface area (Å²) < 4.78 is 2.54. The molecule has 92 valence electrons. The molecule has 1 aromatic carbocycles. The van der Waals surface area contributed by atoms with Crippen molar-refractivity contribution in [3.05, 3.63) is 22.3 Å². The maximum Gasteiger partial charge on any atom is 0.253 e. The van der Waals surface area contributed by atoms with Gasteiger partial charge in [-0.2, -0.15) is 0 Å². The molecule has 0 unspecified atom stereocenters. The highest BCUT2D eigenvalue weighted by Crippen LogP contribution is 2.31. The van der Waals surface area contributed by atoms with Gasteiger partial charge in [0.15, 0.2) is 0 Å². The Balaban J connectivity index is 3.42. The molecule has 0 bridgehead atoms. The molecule has 0 heterocycles. The number of benzene rings is 1. The van der Waals surface area contributed by atoms with E-state index in [0.29, 0.717) is 11.3 Å². The SMILES string of the molecule is CNC(=O)c1c(I)cc(I)c(NC(C)=O)c1I. The fraction of sp³-hybridized carbons (Fsp3) is 0.200. The monoisotopic (exact) mass is 570 g/mol. The lowest BCUT2D eigenvalue weighted by Crippen LogP contribution is -2.22. The van der Waals surface area contributed by atoms with Crippen molar-refractivity contribution in [1.29, 1.82) is 0 Å². The van der Waals surface area contributed by atoms with Crippen LogP contribution in [0.1, 0.15) is 17.3 Å². The topological polar surface area (TPSA) is 58.2 Å². The average molecular weight is 570 g/mol. The zero-order valence-corrected chi connectivity index (χ0v) is 15.5. The normalized spacial score (nSPS) is 9.94. The Morgan fingerprint density at radius 2 is 1.76 bits per heavy atom. The lowest BCUT2D eigenvalue weighted by atomic mass is 10.2. The highest BCUT2D eigenvalue weighted by molar-refractivity contribution is 14.1. The van der Waals surface area contributed by atoms with E-state index in [1.807, 2.05) is 6.07 Å². The summed E-state index contributed by atoms with van der Waals surface area (Å²) in [5, 5.41) is 5.35. The maximum absolute atomic E-state index is 11.8. The molecule has 0 saturated heterocycles. The molecule has 1 rings (SSSR count). The second-order valence-corrected chi connectivity index (χ2v) is 6.57. The summed E-state index contributed by atoms with van der Waals surface area (Å²) in [6.07, 6.45) is 0. The highest BCUT2D eigenvalue weighted by Gasteiger charge is 2.19. The second kappa shape index (κ2) is 6.50. The summed E-state index contributed by atoms with van der Waals surface area (Å²) in [4.78, 5) is 22.9. The van der Waals surface area contributed by atoms with Crippen molar-refractivity contribution < 1.29 is 9.59 Å². The van der Waals surface area contributed by atoms with Crippen molar-refractivity contribution in [2.24, 2.45) is 0 Å². The quantitative estimate of drug-likeness (QED) is 0.539. The van der Waals surface area contributed by atoms with Gasteiger partial charge >= 0.3 is 0 Å². The van der Waals surface area contributed by atoms with Gasteiger partial charge in [-0.25, -0.2) is 0 Å². The van der Waals surface area contributed by atoms with Gasteiger partial charge in [0, 0.05) is 21.1 Å². The summed E-state index contributed by atoms with van der Waals surface area (Å²) in [6.45, 7) is 1.45. The van der Waals surface area contributed by atoms with Gasteiger partial charge in [0.2, 0.25) is 5.91 Å². The Labute approximate surface area is 140 Å². The zero-order valence-electron chi connectivity index (χ0n) is 9.03. The third kappa shape index (κ3) is 3.66. The first-order chi connectivity index (χ1) is 7.88. The molecule has 1 aromatic rings. The van der Waals surface area contributed by atoms with E-state index in [1.54, 1.807) is 7.05 Å². The third-order valence-electron chi connectivity index (χ3n) is 1.93. The first kappa shape index (κ1) is 15.4. The number of hydrogen-bond acceptors (Lipinski definition) is 2. The van der Waals surface area contributed by atoms with Gasteiger partial charge in [0.05, 0.1) is 14.8 Å². The van der Waals surface area contributed by atoms with Crippen molar-refractivity contribution in [1.82, 2.24) is 5.32 Å². The first-order valence-corrected chi connectivity index (χ1v) is 7.79. The molecular formula is C10H9I3N2O2. The molecule has 17 heavy (non-hydrogen) atoms. The van der Waals surface area contributed by atoms with E-state index < -0.39 is 0 Å². The maximum atomic E-state index is 11.8. The Kier molecular flexibility index (Phi) is 5.89. The van der Waals surface area contributed by atoms with Crippen molar-refractivity contribution in [2.75, 3.05) is 12.4 Å². The summed E-state index contributed by atoms with van der Waals surface area (Å²) >= 11 is 6.34. The fourth-order valence-corrected chi connectivity index (χ4v) is 5.34. The largest absolute Gasteiger partial charge is 0.355 e. The molecule has 4 nitrogen and oxygen atoms in total. The van der Waals surface area contributed by atoms with Crippen LogP contribution in [0.3, 0.4) is 0 Å². The van der Waals surface area contributed by atoms with Gasteiger partial charge in [0.1, 0.15) is 0 Å². The van der Waals surface area contributed by atoms with Crippen LogP contribution in [-0.2, 0) is 4.79 Å². The number of rotatable bonds is 2. The Morgan fingerprint density at radius 1 is 1.18 bits per heavy atom. The Morgan fingerprint density at radius 3 is 2.24 bits per heavy atom. The van der Waals surface area contributed by atoms with Crippen molar-refractivity contribution in [3.8, 4) is 0 Å². The molecule has 0 aliphatic carbocycles. The number of halogens is 3. The number of hydrogen-bond donors (Lipinski definition) is 2. The molecule has 0 fully saturated rings. The van der Waals surface area contributed by atoms with E-state index >= 15 is 0 Å². The molecule has 0 spiro atoms. The molecular weight excluding hydrogens is 561 g/mol. The van der Waals surface area contributed by atoms with Crippen LogP contribution < -0.4 is 10.6 Å². The van der Waals surface area contributed by atoms with Crippen molar-refractivity contribution in [3.63, 3.8) is 0 Å². The van der Waals surface area contributed by atoms with Gasteiger partial charge in [-0.15, -0.1) is 0 Å². The third-order valence-corrected chi connectivity index (χ3v) is 4.71. The van der Waals surface area contributed by atoms with Gasteiger partial charge in [0.25, 0.3) is 5.91 Å². The molecule has 0 aliphatic rings. The van der Waals surface area contributed by atoms with E-state index in [-0.39, 0.29) is 11.8 Å². The van der Waals surface area contributed by atoms with E-state index in [1.165, 1.54) is 6.92 Å². The minimum atomic E-state index is -0.151. The minimum absolute atomic E-state index is 0.148. The van der Waals surface area contributed by atoms with E-state index in [4.69, 9.17) is 0 Å². The lowest BCUT2D eigenvalue weighted by molar-refractivity contribution is -0.114. The molecule has 2 N–H and O–H groups in total. The van der Waals surface area contributed by atoms with Crippen LogP contribution in [0.15, 0.2) is 6.07 Å². The van der Waals surface area contributed by atoms with Gasteiger partial charge in [-0.05, 0) is 73.8 Å². The Hall–Kier alpha value is 0.350. The number of nitrogens with one attached hydrogen (secondary N) is 2. The number of carbonyl (C=O) groups excluding carboxylic acids is 2. The van der Waals surface area contributed by atoms with Crippen molar-refractivity contribution >= 4 is 85.3 Å². The molecule has 7 heteroatoms. The molecule has 0 aliphatic heterocycles. The van der Waals surface area contributed by atoms with Gasteiger partial charge in [-0.1, -0.05) is 0 Å². The molecule has 0 saturated carbocycles. The van der Waals surface area contributed by atoms with Gasteiger partial charge < -0.3 is 10.6 Å². The van der Waals surface area contributed by atoms with Gasteiger partial charge in [-0.3, -0.25) is 9.59 Å². The predicted molar refractivity (Wildman–Crippen MR) is 92.3 cm³/mol. The van der Waals surface area contributed by atoms with Crippen LogP contribution in [0.5, 0.6) is 0 Å². The zero-order chi connectivity index (χ0) is 13.2. The lowest BCUT2D eigenvalue weighted by Gasteiger charge is -2.13. The number of carbonyl (C=O) groups is 2. The van der Waals surface area contributed by atoms with Crippen LogP contribution >= 0.6 is 67.8 Å². The number of anilines is 1. The minimum Gasteiger partial charge on any atom is -0.355 e. The van der Waals surface area contributed by atoms with Crippen molar-refractivity contribution in [2.45, 2.75) is 6.92 Å². The summed E-state index contributed by atoms with van der Waals surface area (Å²) in [6, 6.07) is 1.87. The molecule has 0 radical (unpaired) electrons. The second-order valence-electron chi connectivity index (χ2n) is 3.16. The standard InChI is InChI=1S/C10H9I3N2O2/c1-4(16)15-9-6(12)3-5(11)7(8(9)13)10(17)14-2/h3H,1-2H3,(H,14,17)(H,15,16). The smallest absolute Gasteiger partial charge is 0.253 e. The predicted octanol–water partition coefficient (Wildman–Crippen LogP) is 2.82. The number of amides is 2. The first-order valence-electron chi connectivity index (χ1n) is 4.55. The van der Waals surface area contributed by atoms with Crippen LogP contribution in [0, 0.1) is 10.7 Å². The van der Waals surface area contributed by atoms with Crippen LogP contribution in [-0.4, -0.2) is 18.9 Å². The Bertz CT molecular complexity index is 489. The van der Waals surface area contributed by atoms with E-state index in [0.717, 1.165) is 10.7 Å². The highest BCUT2D eigenvalue weighted by atomic mass is 127. The van der Waals surface area contributed by atoms with Crippen LogP contribution in [0.2, 0.25) is 0 Å². The van der Waals surface area contributed by atoms with E-state index in [2.05, 4.69) is 78.4 Å². The summed E-state index contributed by atoms with van der Waals surface area (Å²) in [5.41, 5.74) is 1.29. The van der Waals surface area contributed by atoms with Crippen LogP contribution in [0.4, 0.5) is 5.69 Å². The summed E-state index contributed by atoms with van der Waals surface area (Å²) in [5.74, 6) is -0.299.